The lowest BCUT2D eigenvalue weighted by Crippen LogP contribution is -2.37. The first kappa shape index (κ1) is 55.5. The summed E-state index contributed by atoms with van der Waals surface area (Å²) < 4.78 is 21.6. The summed E-state index contributed by atoms with van der Waals surface area (Å²) in [4.78, 5) is 15.9. The highest BCUT2D eigenvalue weighted by Gasteiger charge is 2.46. The highest BCUT2D eigenvalue weighted by atomic mass is 27.3. The van der Waals surface area contributed by atoms with Crippen molar-refractivity contribution in [3.05, 3.63) is 340 Å². The van der Waals surface area contributed by atoms with Crippen LogP contribution in [0, 0.1) is 0 Å². The number of nitrogens with zero attached hydrogens (tertiary/aromatic N) is 5. The van der Waals surface area contributed by atoms with Crippen molar-refractivity contribution < 1.29 is 11.4 Å². The lowest BCUT2D eigenvalue weighted by atomic mass is 9.86. The Hall–Kier alpha value is -11.9. The molecule has 0 radical (unpaired) electrons. The Morgan fingerprint density at radius 2 is 0.641 bits per heavy atom. The number of benzene rings is 13. The SMILES string of the molecule is c1ccc(-c2c3ccccc3c(-c3ccc(N(c4ccccc4)c4ccc(-c5ccc6c(c5)c5ccccc5n6-c5ccccc5)cc4)cc3)c3ccccc23)cc1.c1cnc2c([O][Al]([O]c3cccc4cccnc34)[O]c3cccc4cccnc34)cccc2c1. The summed E-state index contributed by atoms with van der Waals surface area (Å²) in [6.07, 6.45) is 5.24. The van der Waals surface area contributed by atoms with Gasteiger partial charge in [0.15, 0.2) is 0 Å². The molecule has 0 atom stereocenters. The van der Waals surface area contributed by atoms with Gasteiger partial charge in [-0.1, -0.05) is 218 Å². The van der Waals surface area contributed by atoms with Crippen LogP contribution < -0.4 is 16.3 Å². The summed E-state index contributed by atoms with van der Waals surface area (Å²) >= 11 is -2.86. The molecule has 0 unspecified atom stereocenters. The summed E-state index contributed by atoms with van der Waals surface area (Å²) in [6, 6.07) is 113. The molecule has 13 aromatic carbocycles. The Bertz CT molecular complexity index is 5250. The van der Waals surface area contributed by atoms with E-state index >= 15 is 0 Å². The zero-order valence-electron chi connectivity index (χ0n) is 49.9. The van der Waals surface area contributed by atoms with Crippen molar-refractivity contribution in [2.24, 2.45) is 0 Å². The number of hydrogen-bond acceptors (Lipinski definition) is 7. The van der Waals surface area contributed by atoms with Crippen LogP contribution in [0.5, 0.6) is 17.2 Å². The zero-order valence-corrected chi connectivity index (χ0v) is 51.0. The Morgan fingerprint density at radius 1 is 0.272 bits per heavy atom. The van der Waals surface area contributed by atoms with Crippen LogP contribution in [0.4, 0.5) is 17.1 Å². The number of fused-ring (bicyclic) bond motifs is 8. The highest BCUT2D eigenvalue weighted by Crippen LogP contribution is 2.45. The normalized spacial score (nSPS) is 11.3. The number of hydrogen-bond donors (Lipinski definition) is 0. The second-order valence-electron chi connectivity index (χ2n) is 22.5. The third-order valence-corrected chi connectivity index (χ3v) is 18.4. The predicted octanol–water partition coefficient (Wildman–Crippen LogP) is 21.4. The van der Waals surface area contributed by atoms with Gasteiger partial charge in [-0.25, -0.2) is 0 Å². The molecule has 0 N–H and O–H groups in total. The molecule has 0 aliphatic carbocycles. The molecule has 17 rings (SSSR count). The molecule has 0 aliphatic heterocycles. The number of para-hydroxylation sites is 6. The zero-order chi connectivity index (χ0) is 61.2. The quantitative estimate of drug-likeness (QED) is 0.0841. The van der Waals surface area contributed by atoms with Crippen molar-refractivity contribution in [1.29, 1.82) is 0 Å². The highest BCUT2D eigenvalue weighted by molar-refractivity contribution is 6.40. The van der Waals surface area contributed by atoms with Crippen molar-refractivity contribution >= 4 is 108 Å². The number of anilines is 3. The maximum atomic E-state index is 6.41. The predicted molar refractivity (Wildman–Crippen MR) is 380 cm³/mol. The first-order chi connectivity index (χ1) is 45.6. The van der Waals surface area contributed by atoms with Gasteiger partial charge in [-0.05, 0) is 158 Å². The van der Waals surface area contributed by atoms with Crippen LogP contribution in [-0.4, -0.2) is 34.7 Å². The molecule has 17 aromatic rings. The van der Waals surface area contributed by atoms with Gasteiger partial charge in [0.05, 0.1) is 11.0 Å². The van der Waals surface area contributed by atoms with Gasteiger partial charge >= 0.3 is 15.1 Å². The Labute approximate surface area is 537 Å². The fourth-order valence-electron chi connectivity index (χ4n) is 12.9. The molecule has 0 amide bonds. The molecule has 0 aliphatic rings. The van der Waals surface area contributed by atoms with Crippen molar-refractivity contribution in [3.8, 4) is 56.3 Å². The second kappa shape index (κ2) is 24.6. The van der Waals surface area contributed by atoms with Crippen LogP contribution in [0.1, 0.15) is 0 Å². The van der Waals surface area contributed by atoms with Crippen LogP contribution >= 0.6 is 0 Å². The molecule has 0 saturated heterocycles. The van der Waals surface area contributed by atoms with Crippen LogP contribution in [0.3, 0.4) is 0 Å². The fraction of sp³-hybridized carbons (Fsp3) is 0. The molecule has 8 nitrogen and oxygen atoms in total. The standard InChI is InChI=1S/C56H38N2.3C9H7NO.Al/c1-4-16-40(17-5-1)55-48-23-10-12-25-50(48)56(51-26-13-11-24-49(51)55)41-30-35-46(36-31-41)57(43-18-6-2-7-19-43)45-33-28-39(29-34-45)42-32-37-54-52(38-42)47-22-14-15-27-53(47)58(54)44-20-8-3-9-21-44;3*11-8-5-1-3-7-4-2-6-10-9(7)8;/h1-38H;3*1-6,11H;/q;;;;+3/p-3. The number of pyridine rings is 3. The molecule has 0 fully saturated rings. The topological polar surface area (TPSA) is 74.5 Å². The fourth-order valence-corrected chi connectivity index (χ4v) is 14.2. The summed E-state index contributed by atoms with van der Waals surface area (Å²) in [5, 5.41) is 10.5. The lowest BCUT2D eigenvalue weighted by molar-refractivity contribution is 0.311. The summed E-state index contributed by atoms with van der Waals surface area (Å²) in [6.45, 7) is 0. The van der Waals surface area contributed by atoms with Crippen molar-refractivity contribution in [1.82, 2.24) is 19.5 Å². The largest absolute Gasteiger partial charge is 1.20 e. The third kappa shape index (κ3) is 10.6. The van der Waals surface area contributed by atoms with E-state index in [0.29, 0.717) is 17.2 Å². The Morgan fingerprint density at radius 3 is 1.13 bits per heavy atom. The molecule has 0 bridgehead atoms. The van der Waals surface area contributed by atoms with E-state index < -0.39 is 15.1 Å². The molecule has 434 valence electrons. The number of rotatable bonds is 13. The maximum Gasteiger partial charge on any atom is 1.20 e. The minimum atomic E-state index is -2.86. The lowest BCUT2D eigenvalue weighted by Gasteiger charge is -2.26. The van der Waals surface area contributed by atoms with Gasteiger partial charge in [-0.15, -0.1) is 0 Å². The minimum absolute atomic E-state index is 0.608. The van der Waals surface area contributed by atoms with E-state index in [4.69, 9.17) is 11.4 Å². The molecule has 4 heterocycles. The minimum Gasteiger partial charge on any atom is -0.576 e. The van der Waals surface area contributed by atoms with Crippen molar-refractivity contribution in [2.45, 2.75) is 0 Å². The third-order valence-electron chi connectivity index (χ3n) is 17.0. The molecule has 0 spiro atoms. The summed E-state index contributed by atoms with van der Waals surface area (Å²) in [5.41, 5.74) is 16.5. The molecule has 4 aromatic heterocycles. The smallest absolute Gasteiger partial charge is 0.576 e. The van der Waals surface area contributed by atoms with E-state index in [0.717, 1.165) is 49.8 Å². The first-order valence-corrected chi connectivity index (χ1v) is 32.2. The average Bonchev–Trinajstić information content (AvgIpc) is 1.77. The van der Waals surface area contributed by atoms with Crippen LogP contribution in [0.2, 0.25) is 0 Å². The summed E-state index contributed by atoms with van der Waals surface area (Å²) in [5.74, 6) is 1.82. The molecular formula is C83H56AlN5O3. The Kier molecular flexibility index (Phi) is 14.8. The van der Waals surface area contributed by atoms with Gasteiger partial charge in [0.2, 0.25) is 0 Å². The van der Waals surface area contributed by atoms with E-state index in [1.54, 1.807) is 18.6 Å². The van der Waals surface area contributed by atoms with Gasteiger partial charge in [-0.3, -0.25) is 15.0 Å². The average molecular weight is 1200 g/mol. The van der Waals surface area contributed by atoms with Crippen molar-refractivity contribution in [3.63, 3.8) is 0 Å². The van der Waals surface area contributed by atoms with Gasteiger partial charge in [0.1, 0.15) is 33.8 Å². The maximum absolute atomic E-state index is 6.41. The molecule has 92 heavy (non-hydrogen) atoms. The molecule has 0 saturated carbocycles. The number of aromatic nitrogens is 4. The van der Waals surface area contributed by atoms with Gasteiger partial charge in [-0.2, -0.15) is 0 Å². The monoisotopic (exact) mass is 1200 g/mol. The van der Waals surface area contributed by atoms with E-state index in [1.807, 2.05) is 91.0 Å². The van der Waals surface area contributed by atoms with Gasteiger partial charge in [0.25, 0.3) is 0 Å². The first-order valence-electron chi connectivity index (χ1n) is 30.8. The van der Waals surface area contributed by atoms with Crippen LogP contribution in [0.25, 0.3) is 115 Å². The Balaban J connectivity index is 0.000000168. The van der Waals surface area contributed by atoms with E-state index in [-0.39, 0.29) is 0 Å². The van der Waals surface area contributed by atoms with E-state index in [2.05, 4.69) is 255 Å². The van der Waals surface area contributed by atoms with E-state index in [1.165, 1.54) is 82.4 Å². The van der Waals surface area contributed by atoms with Gasteiger partial charge in [0, 0.05) is 68.3 Å². The van der Waals surface area contributed by atoms with Crippen LogP contribution in [-0.2, 0) is 0 Å². The summed E-state index contributed by atoms with van der Waals surface area (Å²) in [7, 11) is 0. The molecule has 9 heteroatoms. The van der Waals surface area contributed by atoms with Gasteiger partial charge < -0.3 is 20.8 Å². The molecular weight excluding hydrogens is 1140 g/mol. The van der Waals surface area contributed by atoms with Crippen LogP contribution in [0.15, 0.2) is 340 Å². The second-order valence-corrected chi connectivity index (χ2v) is 23.8. The van der Waals surface area contributed by atoms with Crippen molar-refractivity contribution in [2.75, 3.05) is 4.90 Å². The van der Waals surface area contributed by atoms with E-state index in [9.17, 15) is 0 Å².